The fourth-order valence-electron chi connectivity index (χ4n) is 2.01. The topological polar surface area (TPSA) is 32.3 Å². The van der Waals surface area contributed by atoms with Crippen LogP contribution in [0.2, 0.25) is 0 Å². The molecule has 1 aliphatic rings. The zero-order valence-corrected chi connectivity index (χ0v) is 11.1. The zero-order valence-electron chi connectivity index (χ0n) is 11.1. The second-order valence-electron chi connectivity index (χ2n) is 4.73. The van der Waals surface area contributed by atoms with E-state index in [0.717, 1.165) is 18.5 Å². The van der Waals surface area contributed by atoms with Gasteiger partial charge in [-0.25, -0.2) is 0 Å². The summed E-state index contributed by atoms with van der Waals surface area (Å²) in [6, 6.07) is 0.935. The van der Waals surface area contributed by atoms with E-state index in [1.165, 1.54) is 0 Å². The van der Waals surface area contributed by atoms with Crippen molar-refractivity contribution in [1.29, 1.82) is 0 Å². The maximum Gasteiger partial charge on any atom is 0.249 e. The van der Waals surface area contributed by atoms with Crippen LogP contribution in [-0.2, 0) is 4.79 Å². The SMILES string of the molecule is CC[C@@H](C)NC1=CC(=O)N([C@H](C)CC)[C@H]1C. The minimum atomic E-state index is 0.146. The monoisotopic (exact) mass is 224 g/mol. The molecule has 0 saturated heterocycles. The molecule has 0 fully saturated rings. The van der Waals surface area contributed by atoms with E-state index in [1.54, 1.807) is 6.08 Å². The lowest BCUT2D eigenvalue weighted by Gasteiger charge is -2.30. The van der Waals surface area contributed by atoms with E-state index in [-0.39, 0.29) is 11.9 Å². The van der Waals surface area contributed by atoms with E-state index < -0.39 is 0 Å². The molecule has 16 heavy (non-hydrogen) atoms. The quantitative estimate of drug-likeness (QED) is 0.777. The highest BCUT2D eigenvalue weighted by molar-refractivity contribution is 5.92. The zero-order chi connectivity index (χ0) is 12.3. The molecule has 0 aromatic carbocycles. The van der Waals surface area contributed by atoms with Gasteiger partial charge < -0.3 is 10.2 Å². The fraction of sp³-hybridized carbons (Fsp3) is 0.769. The predicted molar refractivity (Wildman–Crippen MR) is 67.0 cm³/mol. The minimum Gasteiger partial charge on any atom is -0.384 e. The Hall–Kier alpha value is -0.990. The lowest BCUT2D eigenvalue weighted by molar-refractivity contribution is -0.127. The van der Waals surface area contributed by atoms with E-state index in [2.05, 4.69) is 39.9 Å². The Bertz CT molecular complexity index is 286. The van der Waals surface area contributed by atoms with Gasteiger partial charge >= 0.3 is 0 Å². The number of hydrogen-bond acceptors (Lipinski definition) is 2. The van der Waals surface area contributed by atoms with E-state index >= 15 is 0 Å². The molecule has 3 heteroatoms. The van der Waals surface area contributed by atoms with Gasteiger partial charge in [-0.3, -0.25) is 4.79 Å². The summed E-state index contributed by atoms with van der Waals surface area (Å²) >= 11 is 0. The minimum absolute atomic E-state index is 0.146. The third kappa shape index (κ3) is 2.57. The number of rotatable bonds is 5. The standard InChI is InChI=1S/C13H24N2O/c1-6-9(3)14-12-8-13(16)15(11(12)5)10(4)7-2/h8-11,14H,6-7H2,1-5H3/t9-,10-,11+/m1/s1. The van der Waals surface area contributed by atoms with Crippen molar-refractivity contribution in [2.24, 2.45) is 0 Å². The Kier molecular flexibility index (Phi) is 4.39. The normalized spacial score (nSPS) is 24.3. The summed E-state index contributed by atoms with van der Waals surface area (Å²) in [6.07, 6.45) is 3.82. The maximum absolute atomic E-state index is 11.9. The summed E-state index contributed by atoms with van der Waals surface area (Å²) in [6.45, 7) is 10.6. The van der Waals surface area contributed by atoms with Crippen molar-refractivity contribution in [2.45, 2.75) is 65.6 Å². The molecule has 1 amide bonds. The van der Waals surface area contributed by atoms with Gasteiger partial charge in [0.2, 0.25) is 5.91 Å². The van der Waals surface area contributed by atoms with E-state index in [0.29, 0.717) is 12.1 Å². The van der Waals surface area contributed by atoms with Gasteiger partial charge in [-0.1, -0.05) is 13.8 Å². The number of carbonyl (C=O) groups excluding carboxylic acids is 1. The Morgan fingerprint density at radius 2 is 2.00 bits per heavy atom. The van der Waals surface area contributed by atoms with Crippen molar-refractivity contribution in [2.75, 3.05) is 0 Å². The molecular formula is C13H24N2O. The van der Waals surface area contributed by atoms with E-state index in [1.807, 2.05) is 4.90 Å². The van der Waals surface area contributed by atoms with Crippen molar-refractivity contribution in [3.63, 3.8) is 0 Å². The second kappa shape index (κ2) is 5.37. The van der Waals surface area contributed by atoms with Crippen LogP contribution >= 0.6 is 0 Å². The predicted octanol–water partition coefficient (Wildman–Crippen LogP) is 2.29. The van der Waals surface area contributed by atoms with Crippen LogP contribution in [0.15, 0.2) is 11.8 Å². The first-order chi connectivity index (χ1) is 7.51. The van der Waals surface area contributed by atoms with Crippen molar-refractivity contribution in [3.8, 4) is 0 Å². The molecular weight excluding hydrogens is 200 g/mol. The van der Waals surface area contributed by atoms with Crippen molar-refractivity contribution in [3.05, 3.63) is 11.8 Å². The molecule has 0 radical (unpaired) electrons. The number of nitrogens with zero attached hydrogens (tertiary/aromatic N) is 1. The molecule has 3 nitrogen and oxygen atoms in total. The van der Waals surface area contributed by atoms with Crippen LogP contribution in [0.1, 0.15) is 47.5 Å². The molecule has 1 rings (SSSR count). The van der Waals surface area contributed by atoms with Gasteiger partial charge in [0, 0.05) is 23.9 Å². The van der Waals surface area contributed by atoms with Crippen molar-refractivity contribution in [1.82, 2.24) is 10.2 Å². The number of hydrogen-bond donors (Lipinski definition) is 1. The van der Waals surface area contributed by atoms with E-state index in [9.17, 15) is 4.79 Å². The molecule has 0 unspecified atom stereocenters. The largest absolute Gasteiger partial charge is 0.384 e. The summed E-state index contributed by atoms with van der Waals surface area (Å²) in [4.78, 5) is 13.8. The van der Waals surface area contributed by atoms with Crippen LogP contribution in [0, 0.1) is 0 Å². The van der Waals surface area contributed by atoms with Crippen LogP contribution in [0.5, 0.6) is 0 Å². The van der Waals surface area contributed by atoms with Crippen LogP contribution in [-0.4, -0.2) is 28.9 Å². The molecule has 0 aliphatic carbocycles. The summed E-state index contributed by atoms with van der Waals surface area (Å²) in [5, 5.41) is 3.42. The summed E-state index contributed by atoms with van der Waals surface area (Å²) in [5.41, 5.74) is 1.07. The lowest BCUT2D eigenvalue weighted by atomic mass is 10.1. The van der Waals surface area contributed by atoms with Gasteiger partial charge in [-0.15, -0.1) is 0 Å². The Labute approximate surface area is 98.9 Å². The van der Waals surface area contributed by atoms with Gasteiger partial charge in [0.25, 0.3) is 0 Å². The van der Waals surface area contributed by atoms with Crippen molar-refractivity contribution >= 4 is 5.91 Å². The molecule has 0 bridgehead atoms. The maximum atomic E-state index is 11.9. The average Bonchev–Trinajstić information content (AvgIpc) is 2.53. The summed E-state index contributed by atoms with van der Waals surface area (Å²) < 4.78 is 0. The van der Waals surface area contributed by atoms with Gasteiger partial charge in [-0.05, 0) is 33.6 Å². The van der Waals surface area contributed by atoms with Gasteiger partial charge in [0.15, 0.2) is 0 Å². The summed E-state index contributed by atoms with van der Waals surface area (Å²) in [7, 11) is 0. The lowest BCUT2D eigenvalue weighted by Crippen LogP contribution is -2.42. The highest BCUT2D eigenvalue weighted by atomic mass is 16.2. The van der Waals surface area contributed by atoms with Crippen LogP contribution in [0.25, 0.3) is 0 Å². The van der Waals surface area contributed by atoms with Gasteiger partial charge in [-0.2, -0.15) is 0 Å². The van der Waals surface area contributed by atoms with Gasteiger partial charge in [0.1, 0.15) is 0 Å². The van der Waals surface area contributed by atoms with Gasteiger partial charge in [0.05, 0.1) is 6.04 Å². The molecule has 0 aromatic heterocycles. The molecule has 1 heterocycles. The molecule has 1 N–H and O–H groups in total. The highest BCUT2D eigenvalue weighted by Gasteiger charge is 2.32. The first kappa shape index (κ1) is 13.1. The van der Waals surface area contributed by atoms with Crippen LogP contribution in [0.4, 0.5) is 0 Å². The molecule has 3 atom stereocenters. The first-order valence-electron chi connectivity index (χ1n) is 6.31. The number of amides is 1. The molecule has 0 saturated carbocycles. The fourth-order valence-corrected chi connectivity index (χ4v) is 2.01. The number of carbonyl (C=O) groups is 1. The Balaban J connectivity index is 2.70. The first-order valence-corrected chi connectivity index (χ1v) is 6.31. The molecule has 1 aliphatic heterocycles. The molecule has 92 valence electrons. The van der Waals surface area contributed by atoms with Crippen LogP contribution in [0.3, 0.4) is 0 Å². The Morgan fingerprint density at radius 1 is 1.38 bits per heavy atom. The summed E-state index contributed by atoms with van der Waals surface area (Å²) in [5.74, 6) is 0.146. The average molecular weight is 224 g/mol. The highest BCUT2D eigenvalue weighted by Crippen LogP contribution is 2.21. The third-order valence-electron chi connectivity index (χ3n) is 3.49. The number of nitrogens with one attached hydrogen (secondary N) is 1. The second-order valence-corrected chi connectivity index (χ2v) is 4.73. The molecule has 0 aromatic rings. The smallest absolute Gasteiger partial charge is 0.249 e. The van der Waals surface area contributed by atoms with E-state index in [4.69, 9.17) is 0 Å². The molecule has 0 spiro atoms. The Morgan fingerprint density at radius 3 is 2.50 bits per heavy atom. The third-order valence-corrected chi connectivity index (χ3v) is 3.49. The van der Waals surface area contributed by atoms with Crippen molar-refractivity contribution < 1.29 is 4.79 Å². The van der Waals surface area contributed by atoms with Crippen LogP contribution < -0.4 is 5.32 Å².